The van der Waals surface area contributed by atoms with Crippen LogP contribution in [0.1, 0.15) is 17.3 Å². The van der Waals surface area contributed by atoms with Crippen LogP contribution in [0.3, 0.4) is 0 Å². The first-order valence-corrected chi connectivity index (χ1v) is 14.8. The fourth-order valence-corrected chi connectivity index (χ4v) is 8.03. The number of aliphatic carboxylic acids is 1. The number of anilines is 1. The number of thioether (sulfide) groups is 3. The molecule has 0 bridgehead atoms. The van der Waals surface area contributed by atoms with Crippen molar-refractivity contribution in [2.75, 3.05) is 23.8 Å². The van der Waals surface area contributed by atoms with E-state index in [1.807, 2.05) is 0 Å². The van der Waals surface area contributed by atoms with E-state index in [9.17, 15) is 24.4 Å². The SMILES string of the molecule is NCCSCc1cnccc1SC1=C(C(=O)O)N2C(=O)[C@@H](NC(=O)C(N=O)c3nc(N)sc3Cl)[C@@H]2SC1. The number of nitroso groups, excluding NO2 is 1. The van der Waals surface area contributed by atoms with E-state index in [4.69, 9.17) is 23.1 Å². The Labute approximate surface area is 232 Å². The summed E-state index contributed by atoms with van der Waals surface area (Å²) in [7, 11) is 0. The van der Waals surface area contributed by atoms with E-state index >= 15 is 0 Å². The van der Waals surface area contributed by atoms with Gasteiger partial charge < -0.3 is 21.9 Å². The van der Waals surface area contributed by atoms with Gasteiger partial charge in [-0.25, -0.2) is 9.78 Å². The molecule has 2 aliphatic heterocycles. The summed E-state index contributed by atoms with van der Waals surface area (Å²) in [4.78, 5) is 59.9. The molecule has 4 heterocycles. The predicted octanol–water partition coefficient (Wildman–Crippen LogP) is 2.26. The van der Waals surface area contributed by atoms with Crippen LogP contribution in [-0.4, -0.2) is 67.2 Å². The number of carboxylic acids is 1. The number of nitrogens with one attached hydrogen (secondary N) is 1. The number of fused-ring (bicyclic) bond motifs is 1. The minimum absolute atomic E-state index is 0.0422. The lowest BCUT2D eigenvalue weighted by molar-refractivity contribution is -0.150. The number of halogens is 1. The van der Waals surface area contributed by atoms with Gasteiger partial charge in [0.2, 0.25) is 6.04 Å². The number of rotatable bonds is 11. The maximum absolute atomic E-state index is 13.0. The van der Waals surface area contributed by atoms with Gasteiger partial charge in [-0.1, -0.05) is 34.7 Å². The number of pyridine rings is 1. The molecule has 2 aromatic rings. The van der Waals surface area contributed by atoms with Crippen LogP contribution in [0.4, 0.5) is 5.13 Å². The second-order valence-electron chi connectivity index (χ2n) is 7.62. The van der Waals surface area contributed by atoms with Crippen LogP contribution in [-0.2, 0) is 20.1 Å². The number of hydrogen-bond donors (Lipinski definition) is 4. The Kier molecular flexibility index (Phi) is 8.97. The van der Waals surface area contributed by atoms with E-state index in [-0.39, 0.29) is 20.9 Å². The van der Waals surface area contributed by atoms with Crippen molar-refractivity contribution in [2.45, 2.75) is 28.1 Å². The Balaban J connectivity index is 1.52. The zero-order valence-electron chi connectivity index (χ0n) is 18.8. The number of nitrogens with zero attached hydrogens (tertiary/aromatic N) is 4. The van der Waals surface area contributed by atoms with Crippen LogP contribution in [0.25, 0.3) is 0 Å². The van der Waals surface area contributed by atoms with Crippen LogP contribution < -0.4 is 16.8 Å². The summed E-state index contributed by atoms with van der Waals surface area (Å²) in [6.45, 7) is 0.545. The number of carbonyl (C=O) groups excluding carboxylic acids is 2. The summed E-state index contributed by atoms with van der Waals surface area (Å²) in [5, 5.41) is 14.7. The predicted molar refractivity (Wildman–Crippen MR) is 145 cm³/mol. The van der Waals surface area contributed by atoms with Crippen molar-refractivity contribution in [3.05, 3.63) is 49.6 Å². The molecular formula is C20H20ClN7O5S4. The molecule has 0 aliphatic carbocycles. The number of amides is 2. The lowest BCUT2D eigenvalue weighted by Gasteiger charge is -2.49. The van der Waals surface area contributed by atoms with Crippen molar-refractivity contribution in [3.63, 3.8) is 0 Å². The molecule has 6 N–H and O–H groups in total. The van der Waals surface area contributed by atoms with Crippen molar-refractivity contribution in [3.8, 4) is 0 Å². The van der Waals surface area contributed by atoms with Gasteiger partial charge in [0.15, 0.2) is 5.13 Å². The van der Waals surface area contributed by atoms with Crippen LogP contribution in [0.2, 0.25) is 4.34 Å². The molecule has 0 spiro atoms. The Morgan fingerprint density at radius 2 is 2.22 bits per heavy atom. The highest BCUT2D eigenvalue weighted by molar-refractivity contribution is 8.06. The number of carbonyl (C=O) groups is 3. The van der Waals surface area contributed by atoms with Gasteiger partial charge in [0, 0.05) is 46.0 Å². The number of thiazole rings is 1. The molecule has 17 heteroatoms. The zero-order chi connectivity index (χ0) is 26.7. The Bertz CT molecular complexity index is 1280. The third-order valence-electron chi connectivity index (χ3n) is 5.28. The van der Waals surface area contributed by atoms with Gasteiger partial charge in [-0.05, 0) is 16.8 Å². The number of nitrogen functional groups attached to an aromatic ring is 1. The molecule has 12 nitrogen and oxygen atoms in total. The number of nitrogens with two attached hydrogens (primary N) is 2. The Morgan fingerprint density at radius 3 is 2.86 bits per heavy atom. The molecule has 2 aliphatic rings. The molecular weight excluding hydrogens is 582 g/mol. The van der Waals surface area contributed by atoms with Gasteiger partial charge in [-0.3, -0.25) is 19.5 Å². The minimum Gasteiger partial charge on any atom is -0.477 e. The van der Waals surface area contributed by atoms with E-state index in [0.29, 0.717) is 23.0 Å². The van der Waals surface area contributed by atoms with Crippen molar-refractivity contribution in [1.82, 2.24) is 20.2 Å². The van der Waals surface area contributed by atoms with Crippen molar-refractivity contribution >= 4 is 81.1 Å². The molecule has 1 unspecified atom stereocenters. The molecule has 37 heavy (non-hydrogen) atoms. The molecule has 1 fully saturated rings. The average Bonchev–Trinajstić information content (AvgIpc) is 3.20. The number of hydrogen-bond acceptors (Lipinski definition) is 13. The third-order valence-corrected chi connectivity index (χ3v) is 10.1. The van der Waals surface area contributed by atoms with Crippen molar-refractivity contribution in [1.29, 1.82) is 0 Å². The highest BCUT2D eigenvalue weighted by Gasteiger charge is 2.55. The first-order chi connectivity index (χ1) is 17.8. The van der Waals surface area contributed by atoms with Crippen LogP contribution in [0.15, 0.2) is 39.1 Å². The maximum Gasteiger partial charge on any atom is 0.353 e. The summed E-state index contributed by atoms with van der Waals surface area (Å²) in [6, 6.07) is -0.836. The van der Waals surface area contributed by atoms with Gasteiger partial charge in [0.1, 0.15) is 27.1 Å². The molecule has 2 aromatic heterocycles. The summed E-state index contributed by atoms with van der Waals surface area (Å²) in [6.07, 6.45) is 3.35. The second kappa shape index (κ2) is 12.0. The summed E-state index contributed by atoms with van der Waals surface area (Å²) >= 11 is 11.1. The summed E-state index contributed by atoms with van der Waals surface area (Å²) < 4.78 is 0.0422. The van der Waals surface area contributed by atoms with Gasteiger partial charge in [-0.15, -0.1) is 16.7 Å². The highest BCUT2D eigenvalue weighted by Crippen LogP contribution is 2.46. The molecule has 0 aromatic carbocycles. The second-order valence-corrected chi connectivity index (χ2v) is 12.6. The molecule has 2 amide bonds. The smallest absolute Gasteiger partial charge is 0.353 e. The maximum atomic E-state index is 13.0. The van der Waals surface area contributed by atoms with Crippen LogP contribution in [0.5, 0.6) is 0 Å². The van der Waals surface area contributed by atoms with E-state index in [2.05, 4.69) is 20.5 Å². The third kappa shape index (κ3) is 5.73. The number of carboxylic acid groups (broad SMARTS) is 1. The van der Waals surface area contributed by atoms with E-state index in [1.54, 1.807) is 30.2 Å². The molecule has 4 rings (SSSR count). The zero-order valence-corrected chi connectivity index (χ0v) is 22.8. The number of aromatic nitrogens is 2. The standard InChI is InChI=1S/C20H20ClN7O5S4/c21-15-11(26-20(23)37-15)12(27-33)16(29)25-13-17(30)28-14(19(31)32)10(7-35-18(13)28)36-9-1-3-24-5-8(9)6-34-4-2-22/h1,3,5,12-13,18H,2,4,6-7,22H2,(H2,23,26)(H,25,29)(H,31,32)/t12?,13-,18+/m1/s1. The van der Waals surface area contributed by atoms with Gasteiger partial charge in [0.25, 0.3) is 11.8 Å². The first kappa shape index (κ1) is 27.7. The van der Waals surface area contributed by atoms with Crippen molar-refractivity contribution in [2.24, 2.45) is 10.9 Å². The molecule has 1 saturated heterocycles. The van der Waals surface area contributed by atoms with E-state index in [1.165, 1.54) is 23.5 Å². The molecule has 196 valence electrons. The minimum atomic E-state index is -1.60. The lowest BCUT2D eigenvalue weighted by atomic mass is 10.0. The normalized spacial score (nSPS) is 19.7. The van der Waals surface area contributed by atoms with Gasteiger partial charge in [-0.2, -0.15) is 11.8 Å². The van der Waals surface area contributed by atoms with Crippen LogP contribution in [0, 0.1) is 4.91 Å². The lowest BCUT2D eigenvalue weighted by Crippen LogP contribution is -2.70. The van der Waals surface area contributed by atoms with Gasteiger partial charge in [0.05, 0.1) is 0 Å². The van der Waals surface area contributed by atoms with Gasteiger partial charge >= 0.3 is 5.97 Å². The molecule has 0 radical (unpaired) electrons. The Morgan fingerprint density at radius 1 is 1.43 bits per heavy atom. The Hall–Kier alpha value is -2.37. The summed E-state index contributed by atoms with van der Waals surface area (Å²) in [5.41, 5.74) is 11.8. The quantitative estimate of drug-likeness (QED) is 0.167. The van der Waals surface area contributed by atoms with Crippen molar-refractivity contribution < 1.29 is 19.5 Å². The average molecular weight is 602 g/mol. The fraction of sp³-hybridized carbons (Fsp3) is 0.350. The van der Waals surface area contributed by atoms with Crippen LogP contribution >= 0.6 is 58.2 Å². The highest BCUT2D eigenvalue weighted by atomic mass is 35.5. The van der Waals surface area contributed by atoms with E-state index in [0.717, 1.165) is 32.4 Å². The largest absolute Gasteiger partial charge is 0.477 e. The summed E-state index contributed by atoms with van der Waals surface area (Å²) in [5.74, 6) is -1.00. The topological polar surface area (TPSA) is 194 Å². The molecule has 3 atom stereocenters. The fourth-order valence-electron chi connectivity index (χ4n) is 3.64. The first-order valence-electron chi connectivity index (χ1n) is 10.6. The monoisotopic (exact) mass is 601 g/mol. The number of β-lactam (4-membered cyclic amide) rings is 1. The molecule has 0 saturated carbocycles. The van der Waals surface area contributed by atoms with E-state index < -0.39 is 35.2 Å².